The predicted octanol–water partition coefficient (Wildman–Crippen LogP) is 0.393. The summed E-state index contributed by atoms with van der Waals surface area (Å²) in [6, 6.07) is 1.52. The number of amides is 1. The molecule has 1 fully saturated rings. The zero-order valence-corrected chi connectivity index (χ0v) is 15.0. The highest BCUT2D eigenvalue weighted by Crippen LogP contribution is 2.26. The average Bonchev–Trinajstić information content (AvgIpc) is 2.93. The molecule has 0 aliphatic carbocycles. The lowest BCUT2D eigenvalue weighted by Crippen LogP contribution is -2.41. The number of anilines is 2. The molecule has 0 radical (unpaired) electrons. The van der Waals surface area contributed by atoms with Gasteiger partial charge in [-0.05, 0) is 6.07 Å². The summed E-state index contributed by atoms with van der Waals surface area (Å²) in [5, 5.41) is 11.3. The van der Waals surface area contributed by atoms with Crippen molar-refractivity contribution in [1.82, 2.24) is 15.3 Å². The maximum atomic E-state index is 13.9. The van der Waals surface area contributed by atoms with Crippen LogP contribution in [0.1, 0.15) is 6.42 Å². The van der Waals surface area contributed by atoms with E-state index in [0.717, 1.165) is 11.8 Å². The number of rotatable bonds is 8. The lowest BCUT2D eigenvalue weighted by atomic mass is 10.2. The van der Waals surface area contributed by atoms with E-state index in [1.54, 1.807) is 17.2 Å². The quantitative estimate of drug-likeness (QED) is 0.677. The monoisotopic (exact) mass is 371 g/mol. The summed E-state index contributed by atoms with van der Waals surface area (Å²) in [6.45, 7) is 0.506. The number of thioether (sulfide) groups is 1. The van der Waals surface area contributed by atoms with Crippen molar-refractivity contribution in [2.75, 3.05) is 48.5 Å². The van der Waals surface area contributed by atoms with Gasteiger partial charge in [0.2, 0.25) is 11.9 Å². The fraction of sp³-hybridized carbons (Fsp3) is 0.600. The summed E-state index contributed by atoms with van der Waals surface area (Å²) < 4.78 is 13.9. The Morgan fingerprint density at radius 2 is 2.24 bits per heavy atom. The second-order valence-electron chi connectivity index (χ2n) is 5.94. The van der Waals surface area contributed by atoms with Crippen LogP contribution in [-0.2, 0) is 9.59 Å². The van der Waals surface area contributed by atoms with Crippen LogP contribution in [0.15, 0.2) is 12.3 Å². The van der Waals surface area contributed by atoms with Crippen molar-refractivity contribution >= 4 is 35.4 Å². The molecule has 0 unspecified atom stereocenters. The minimum atomic E-state index is -0.985. The van der Waals surface area contributed by atoms with Crippen LogP contribution >= 0.6 is 11.8 Å². The third kappa shape index (κ3) is 5.73. The normalized spacial score (nSPS) is 19.7. The molecule has 1 aliphatic heterocycles. The summed E-state index contributed by atoms with van der Waals surface area (Å²) >= 11 is 1.03. The first-order valence-corrected chi connectivity index (χ1v) is 8.99. The van der Waals surface area contributed by atoms with Crippen molar-refractivity contribution in [3.8, 4) is 0 Å². The summed E-state index contributed by atoms with van der Waals surface area (Å²) in [5.74, 6) is -0.114. The third-order valence-electron chi connectivity index (χ3n) is 3.68. The summed E-state index contributed by atoms with van der Waals surface area (Å²) in [7, 11) is 3.65. The standard InChI is InChI=1S/C15H22FN5O3S/c1-20(2)15-17-4-3-12(19-15)21-7-10(16)5-11(21)6-18-13(22)8-25-9-14(23)24/h3-4,10-11H,5-9H2,1-2H3,(H,18,22)(H,23,24)/t10-,11-/m0/s1. The summed E-state index contributed by atoms with van der Waals surface area (Å²) in [6.07, 6.45) is 0.951. The van der Waals surface area contributed by atoms with E-state index < -0.39 is 12.1 Å². The Labute approximate surface area is 149 Å². The highest BCUT2D eigenvalue weighted by molar-refractivity contribution is 8.00. The number of carbonyl (C=O) groups is 2. The molecule has 2 rings (SSSR count). The maximum absolute atomic E-state index is 13.9. The minimum Gasteiger partial charge on any atom is -0.481 e. The number of carboxylic acid groups (broad SMARTS) is 1. The Kier molecular flexibility index (Phi) is 6.80. The molecule has 0 saturated carbocycles. The van der Waals surface area contributed by atoms with Crippen molar-refractivity contribution in [3.63, 3.8) is 0 Å². The van der Waals surface area contributed by atoms with Gasteiger partial charge in [-0.1, -0.05) is 0 Å². The zero-order valence-electron chi connectivity index (χ0n) is 14.2. The SMILES string of the molecule is CN(C)c1nccc(N2C[C@@H](F)C[C@H]2CNC(=O)CSCC(=O)O)n1. The molecule has 1 aromatic rings. The Hall–Kier alpha value is -2.10. The van der Waals surface area contributed by atoms with Gasteiger partial charge < -0.3 is 20.2 Å². The number of aromatic nitrogens is 2. The van der Waals surface area contributed by atoms with Gasteiger partial charge in [0.25, 0.3) is 0 Å². The van der Waals surface area contributed by atoms with E-state index in [4.69, 9.17) is 5.11 Å². The average molecular weight is 371 g/mol. The molecule has 0 spiro atoms. The molecule has 8 nitrogen and oxygen atoms in total. The van der Waals surface area contributed by atoms with Crippen LogP contribution in [0.25, 0.3) is 0 Å². The number of nitrogens with one attached hydrogen (secondary N) is 1. The van der Waals surface area contributed by atoms with Crippen molar-refractivity contribution in [2.24, 2.45) is 0 Å². The maximum Gasteiger partial charge on any atom is 0.313 e. The smallest absolute Gasteiger partial charge is 0.313 e. The van der Waals surface area contributed by atoms with Gasteiger partial charge in [-0.3, -0.25) is 9.59 Å². The molecule has 10 heteroatoms. The number of alkyl halides is 1. The minimum absolute atomic E-state index is 0.0658. The molecule has 2 heterocycles. The zero-order chi connectivity index (χ0) is 18.4. The first kappa shape index (κ1) is 19.2. The van der Waals surface area contributed by atoms with Crippen LogP contribution in [0, 0.1) is 0 Å². The molecule has 138 valence electrons. The molecule has 0 aromatic carbocycles. The van der Waals surface area contributed by atoms with Gasteiger partial charge >= 0.3 is 5.97 Å². The van der Waals surface area contributed by atoms with Crippen molar-refractivity contribution in [3.05, 3.63) is 12.3 Å². The van der Waals surface area contributed by atoms with Crippen LogP contribution in [0.3, 0.4) is 0 Å². The Morgan fingerprint density at radius 3 is 2.92 bits per heavy atom. The summed E-state index contributed by atoms with van der Waals surface area (Å²) in [5.41, 5.74) is 0. The number of nitrogens with zero attached hydrogens (tertiary/aromatic N) is 4. The second-order valence-corrected chi connectivity index (χ2v) is 6.92. The summed E-state index contributed by atoms with van der Waals surface area (Å²) in [4.78, 5) is 34.4. The van der Waals surface area contributed by atoms with E-state index in [1.807, 2.05) is 19.0 Å². The van der Waals surface area contributed by atoms with Gasteiger partial charge in [0.15, 0.2) is 0 Å². The molecule has 1 aromatic heterocycles. The van der Waals surface area contributed by atoms with Crippen LogP contribution in [0.4, 0.5) is 16.2 Å². The fourth-order valence-corrected chi connectivity index (χ4v) is 3.13. The second kappa shape index (κ2) is 8.84. The first-order valence-electron chi connectivity index (χ1n) is 7.84. The van der Waals surface area contributed by atoms with Gasteiger partial charge in [0.1, 0.15) is 12.0 Å². The molecule has 25 heavy (non-hydrogen) atoms. The molecule has 0 bridgehead atoms. The van der Waals surface area contributed by atoms with Crippen LogP contribution < -0.4 is 15.1 Å². The van der Waals surface area contributed by atoms with E-state index in [0.29, 0.717) is 18.2 Å². The van der Waals surface area contributed by atoms with Gasteiger partial charge in [-0.25, -0.2) is 9.37 Å². The largest absolute Gasteiger partial charge is 0.481 e. The molecule has 2 N–H and O–H groups in total. The number of carboxylic acids is 1. The van der Waals surface area contributed by atoms with Gasteiger partial charge in [0.05, 0.1) is 24.1 Å². The van der Waals surface area contributed by atoms with Crippen LogP contribution in [-0.4, -0.2) is 77.9 Å². The van der Waals surface area contributed by atoms with E-state index >= 15 is 0 Å². The number of halogens is 1. The third-order valence-corrected chi connectivity index (χ3v) is 4.60. The van der Waals surface area contributed by atoms with E-state index in [-0.39, 0.29) is 36.5 Å². The first-order chi connectivity index (χ1) is 11.9. The number of aliphatic carboxylic acids is 1. The predicted molar refractivity (Wildman–Crippen MR) is 95.0 cm³/mol. The van der Waals surface area contributed by atoms with Gasteiger partial charge in [-0.2, -0.15) is 4.98 Å². The molecule has 1 aliphatic rings. The van der Waals surface area contributed by atoms with Crippen LogP contribution in [0.2, 0.25) is 0 Å². The highest BCUT2D eigenvalue weighted by atomic mass is 32.2. The van der Waals surface area contributed by atoms with E-state index in [1.165, 1.54) is 0 Å². The molecule has 1 saturated heterocycles. The lowest BCUT2D eigenvalue weighted by molar-refractivity contribution is -0.133. The van der Waals surface area contributed by atoms with Gasteiger partial charge in [0, 0.05) is 33.3 Å². The lowest BCUT2D eigenvalue weighted by Gasteiger charge is -2.26. The molecule has 1 amide bonds. The van der Waals surface area contributed by atoms with Crippen molar-refractivity contribution in [1.29, 1.82) is 0 Å². The number of carbonyl (C=O) groups excluding carboxylic acids is 1. The molecular formula is C15H22FN5O3S. The fourth-order valence-electron chi connectivity index (χ4n) is 2.56. The Bertz CT molecular complexity index is 619. The van der Waals surface area contributed by atoms with Crippen molar-refractivity contribution < 1.29 is 19.1 Å². The Balaban J connectivity index is 1.94. The molecule has 2 atom stereocenters. The topological polar surface area (TPSA) is 98.7 Å². The van der Waals surface area contributed by atoms with E-state index in [2.05, 4.69) is 15.3 Å². The molecular weight excluding hydrogens is 349 g/mol. The number of hydrogen-bond acceptors (Lipinski definition) is 7. The van der Waals surface area contributed by atoms with E-state index in [9.17, 15) is 14.0 Å². The Morgan fingerprint density at radius 1 is 1.48 bits per heavy atom. The van der Waals surface area contributed by atoms with Gasteiger partial charge in [-0.15, -0.1) is 11.8 Å². The van der Waals surface area contributed by atoms with Crippen molar-refractivity contribution in [2.45, 2.75) is 18.6 Å². The van der Waals surface area contributed by atoms with Crippen LogP contribution in [0.5, 0.6) is 0 Å². The highest BCUT2D eigenvalue weighted by Gasteiger charge is 2.33. The number of hydrogen-bond donors (Lipinski definition) is 2.